The summed E-state index contributed by atoms with van der Waals surface area (Å²) < 4.78 is 10.9. The van der Waals surface area contributed by atoms with Gasteiger partial charge in [-0.2, -0.15) is 0 Å². The Kier molecular flexibility index (Phi) is 5.68. The van der Waals surface area contributed by atoms with Crippen LogP contribution in [0.4, 0.5) is 0 Å². The quantitative estimate of drug-likeness (QED) is 0.819. The Morgan fingerprint density at radius 1 is 1.67 bits per heavy atom. The van der Waals surface area contributed by atoms with E-state index >= 15 is 0 Å². The van der Waals surface area contributed by atoms with Crippen molar-refractivity contribution in [1.82, 2.24) is 5.32 Å². The molecule has 1 saturated heterocycles. The van der Waals surface area contributed by atoms with Crippen LogP contribution in [0.15, 0.2) is 4.99 Å². The van der Waals surface area contributed by atoms with E-state index in [1.807, 2.05) is 0 Å². The minimum Gasteiger partial charge on any atom is -0.362 e. The van der Waals surface area contributed by atoms with E-state index in [0.717, 1.165) is 10.9 Å². The fraction of sp³-hybridized carbons (Fsp3) is 0.900. The molecule has 0 saturated carbocycles. The first-order valence-corrected chi connectivity index (χ1v) is 8.04. The van der Waals surface area contributed by atoms with E-state index in [2.05, 4.69) is 24.2 Å². The van der Waals surface area contributed by atoms with Gasteiger partial charge in [0.1, 0.15) is 0 Å². The molecule has 0 aromatic carbocycles. The van der Waals surface area contributed by atoms with Gasteiger partial charge in [0.15, 0.2) is 5.17 Å². The predicted molar refractivity (Wildman–Crippen MR) is 70.1 cm³/mol. The van der Waals surface area contributed by atoms with Crippen LogP contribution >= 0.6 is 11.8 Å². The van der Waals surface area contributed by atoms with Crippen LogP contribution in [0.2, 0.25) is 0 Å². The van der Waals surface area contributed by atoms with Gasteiger partial charge < -0.3 is 5.32 Å². The Bertz CT molecular complexity index is 254. The fourth-order valence-electron chi connectivity index (χ4n) is 1.42. The molecule has 0 amide bonds. The van der Waals surface area contributed by atoms with Gasteiger partial charge in [0.05, 0.1) is 6.54 Å². The molecule has 0 aromatic rings. The van der Waals surface area contributed by atoms with Crippen molar-refractivity contribution < 1.29 is 4.21 Å². The van der Waals surface area contributed by atoms with E-state index in [1.54, 1.807) is 18.0 Å². The minimum absolute atomic E-state index is 0.553. The number of nitrogens with one attached hydrogen (secondary N) is 1. The van der Waals surface area contributed by atoms with Crippen molar-refractivity contribution in [3.05, 3.63) is 0 Å². The lowest BCUT2D eigenvalue weighted by molar-refractivity contribution is 0.442. The summed E-state index contributed by atoms with van der Waals surface area (Å²) >= 11 is 1.78. The lowest BCUT2D eigenvalue weighted by atomic mass is 10.0. The molecule has 88 valence electrons. The normalized spacial score (nSPS) is 26.7. The van der Waals surface area contributed by atoms with E-state index in [0.29, 0.717) is 24.3 Å². The lowest BCUT2D eigenvalue weighted by Crippen LogP contribution is -2.41. The second kappa shape index (κ2) is 6.53. The Labute approximate surface area is 99.0 Å². The summed E-state index contributed by atoms with van der Waals surface area (Å²) in [5.41, 5.74) is 0. The van der Waals surface area contributed by atoms with Gasteiger partial charge in [-0.05, 0) is 12.3 Å². The van der Waals surface area contributed by atoms with Crippen LogP contribution in [0.25, 0.3) is 0 Å². The highest BCUT2D eigenvalue weighted by atomic mass is 32.2. The topological polar surface area (TPSA) is 41.5 Å². The van der Waals surface area contributed by atoms with Gasteiger partial charge in [0.25, 0.3) is 0 Å². The molecule has 3 nitrogen and oxygen atoms in total. The van der Waals surface area contributed by atoms with Crippen molar-refractivity contribution >= 4 is 27.7 Å². The van der Waals surface area contributed by atoms with Crippen molar-refractivity contribution in [2.45, 2.75) is 26.3 Å². The number of hydrogen-bond acceptors (Lipinski definition) is 3. The van der Waals surface area contributed by atoms with Gasteiger partial charge in [0.2, 0.25) is 0 Å². The third-order valence-electron chi connectivity index (χ3n) is 2.42. The highest BCUT2D eigenvalue weighted by Gasteiger charge is 2.19. The van der Waals surface area contributed by atoms with Gasteiger partial charge in [-0.1, -0.05) is 25.6 Å². The highest BCUT2D eigenvalue weighted by molar-refractivity contribution is 8.13. The monoisotopic (exact) mass is 248 g/mol. The first-order valence-electron chi connectivity index (χ1n) is 5.33. The van der Waals surface area contributed by atoms with Gasteiger partial charge in [-0.15, -0.1) is 0 Å². The van der Waals surface area contributed by atoms with Crippen LogP contribution in [-0.4, -0.2) is 39.7 Å². The molecule has 1 fully saturated rings. The molecular weight excluding hydrogens is 228 g/mol. The summed E-state index contributed by atoms with van der Waals surface area (Å²) in [5, 5.41) is 4.47. The molecule has 2 atom stereocenters. The molecule has 0 radical (unpaired) electrons. The van der Waals surface area contributed by atoms with Crippen molar-refractivity contribution in [2.24, 2.45) is 10.9 Å². The molecule has 1 heterocycles. The van der Waals surface area contributed by atoms with Crippen LogP contribution in [-0.2, 0) is 10.8 Å². The Balaban J connectivity index is 2.38. The van der Waals surface area contributed by atoms with E-state index < -0.39 is 10.8 Å². The number of thioether (sulfide) groups is 1. The number of aliphatic imine (C=N–C) groups is 1. The molecule has 0 aliphatic carbocycles. The van der Waals surface area contributed by atoms with Crippen molar-refractivity contribution in [3.63, 3.8) is 0 Å². The molecule has 0 aromatic heterocycles. The van der Waals surface area contributed by atoms with E-state index in [9.17, 15) is 4.21 Å². The maximum absolute atomic E-state index is 10.9. The highest BCUT2D eigenvalue weighted by Crippen LogP contribution is 2.18. The first kappa shape index (κ1) is 13.0. The van der Waals surface area contributed by atoms with Gasteiger partial charge >= 0.3 is 0 Å². The largest absolute Gasteiger partial charge is 0.362 e. The number of hydrogen-bond donors (Lipinski definition) is 1. The summed E-state index contributed by atoms with van der Waals surface area (Å²) in [4.78, 5) is 4.43. The molecule has 15 heavy (non-hydrogen) atoms. The zero-order chi connectivity index (χ0) is 11.3. The molecule has 1 aliphatic rings. The van der Waals surface area contributed by atoms with Crippen LogP contribution in [0, 0.1) is 5.92 Å². The minimum atomic E-state index is -0.732. The van der Waals surface area contributed by atoms with Crippen molar-refractivity contribution in [2.75, 3.05) is 24.3 Å². The number of rotatable bonds is 4. The summed E-state index contributed by atoms with van der Waals surface area (Å²) in [6.45, 7) is 5.13. The second-order valence-corrected chi connectivity index (χ2v) is 6.73. The standard InChI is InChI=1S/C10H20N2OS2/c1-8(2)9-4-6-14-10(12-9)11-5-7-15(3)13/h8-9H,4-7H2,1-3H3,(H,11,12). The Morgan fingerprint density at radius 3 is 3.00 bits per heavy atom. The number of amidine groups is 1. The smallest absolute Gasteiger partial charge is 0.156 e. The maximum Gasteiger partial charge on any atom is 0.156 e. The summed E-state index contributed by atoms with van der Waals surface area (Å²) in [5.74, 6) is 2.46. The molecule has 1 N–H and O–H groups in total. The lowest BCUT2D eigenvalue weighted by Gasteiger charge is -2.28. The van der Waals surface area contributed by atoms with Crippen LogP contribution in [0.5, 0.6) is 0 Å². The predicted octanol–water partition coefficient (Wildman–Crippen LogP) is 1.47. The first-order chi connectivity index (χ1) is 7.09. The zero-order valence-corrected chi connectivity index (χ0v) is 11.3. The van der Waals surface area contributed by atoms with Crippen molar-refractivity contribution in [1.29, 1.82) is 0 Å². The average molecular weight is 248 g/mol. The third kappa shape index (κ3) is 5.02. The summed E-state index contributed by atoms with van der Waals surface area (Å²) in [6.07, 6.45) is 2.93. The maximum atomic E-state index is 10.9. The van der Waals surface area contributed by atoms with E-state index in [-0.39, 0.29) is 0 Å². The van der Waals surface area contributed by atoms with Crippen molar-refractivity contribution in [3.8, 4) is 0 Å². The zero-order valence-electron chi connectivity index (χ0n) is 9.66. The van der Waals surface area contributed by atoms with Crippen LogP contribution < -0.4 is 5.32 Å². The molecular formula is C10H20N2OS2. The van der Waals surface area contributed by atoms with Crippen LogP contribution in [0.3, 0.4) is 0 Å². The molecule has 0 spiro atoms. The summed E-state index contributed by atoms with van der Waals surface area (Å²) in [7, 11) is -0.732. The molecule has 1 rings (SSSR count). The van der Waals surface area contributed by atoms with Crippen LogP contribution in [0.1, 0.15) is 20.3 Å². The number of nitrogens with zero attached hydrogens (tertiary/aromatic N) is 1. The summed E-state index contributed by atoms with van der Waals surface area (Å²) in [6, 6.07) is 0.553. The third-order valence-corrected chi connectivity index (χ3v) is 4.13. The van der Waals surface area contributed by atoms with E-state index in [1.165, 1.54) is 6.42 Å². The molecule has 0 bridgehead atoms. The SMILES string of the molecule is CC(C)C1CCSC(=NCCS(C)=O)N1. The second-order valence-electron chi connectivity index (χ2n) is 4.10. The van der Waals surface area contributed by atoms with Gasteiger partial charge in [-0.3, -0.25) is 9.20 Å². The fourth-order valence-corrected chi connectivity index (χ4v) is 2.75. The molecule has 5 heteroatoms. The Hall–Kier alpha value is -0.0300. The molecule has 2 unspecified atom stereocenters. The average Bonchev–Trinajstić information content (AvgIpc) is 2.17. The van der Waals surface area contributed by atoms with Gasteiger partial charge in [-0.25, -0.2) is 0 Å². The van der Waals surface area contributed by atoms with E-state index in [4.69, 9.17) is 0 Å². The Morgan fingerprint density at radius 2 is 2.40 bits per heavy atom. The van der Waals surface area contributed by atoms with Gasteiger partial charge in [0, 0.05) is 34.6 Å². The molecule has 1 aliphatic heterocycles.